The predicted molar refractivity (Wildman–Crippen MR) is 123 cm³/mol. The number of hydrogen-bond donors (Lipinski definition) is 0. The van der Waals surface area contributed by atoms with Crippen molar-refractivity contribution < 1.29 is 17.5 Å². The Balaban J connectivity index is 2.24. The summed E-state index contributed by atoms with van der Waals surface area (Å²) in [5.41, 5.74) is 0.879. The van der Waals surface area contributed by atoms with Crippen LogP contribution in [0, 0.1) is 5.82 Å². The molecule has 2 aromatic carbocycles. The van der Waals surface area contributed by atoms with E-state index in [0.717, 1.165) is 43.8 Å². The van der Waals surface area contributed by atoms with E-state index in [1.54, 1.807) is 0 Å². The summed E-state index contributed by atoms with van der Waals surface area (Å²) in [6.07, 6.45) is 1.65. The lowest BCUT2D eigenvalue weighted by atomic mass is 10.1. The molecule has 0 bridgehead atoms. The molecule has 1 atom stereocenters. The van der Waals surface area contributed by atoms with Gasteiger partial charge in [0.05, 0.1) is 11.5 Å². The van der Waals surface area contributed by atoms with E-state index in [1.165, 1.54) is 28.6 Å². The zero-order valence-corrected chi connectivity index (χ0v) is 19.9. The second-order valence-corrected chi connectivity index (χ2v) is 9.49. The van der Waals surface area contributed by atoms with Crippen molar-refractivity contribution in [2.24, 2.45) is 0 Å². The van der Waals surface area contributed by atoms with Gasteiger partial charge in [0.1, 0.15) is 11.6 Å². The second-order valence-electron chi connectivity index (χ2n) is 7.60. The molecule has 0 aliphatic heterocycles. The summed E-state index contributed by atoms with van der Waals surface area (Å²) in [5, 5.41) is 0. The van der Waals surface area contributed by atoms with Gasteiger partial charge in [0.25, 0.3) is 0 Å². The first-order chi connectivity index (χ1) is 14.8. The van der Waals surface area contributed by atoms with E-state index in [1.807, 2.05) is 38.1 Å². The van der Waals surface area contributed by atoms with Gasteiger partial charge in [-0.1, -0.05) is 26.0 Å². The van der Waals surface area contributed by atoms with Crippen LogP contribution >= 0.6 is 0 Å². The van der Waals surface area contributed by atoms with E-state index in [-0.39, 0.29) is 17.5 Å². The molecule has 0 heterocycles. The SMILES string of the molecule is CCOc1ccc(CN(C(C)CCCN(CC)CC)S(=O)(=O)c2ccc(F)cc2)cc1. The minimum atomic E-state index is -3.78. The van der Waals surface area contributed by atoms with Gasteiger partial charge in [0.2, 0.25) is 10.0 Å². The number of ether oxygens (including phenoxy) is 1. The molecule has 31 heavy (non-hydrogen) atoms. The van der Waals surface area contributed by atoms with E-state index in [2.05, 4.69) is 18.7 Å². The number of hydrogen-bond acceptors (Lipinski definition) is 4. The molecule has 0 saturated carbocycles. The summed E-state index contributed by atoms with van der Waals surface area (Å²) in [4.78, 5) is 2.44. The van der Waals surface area contributed by atoms with Crippen LogP contribution in [0.4, 0.5) is 4.39 Å². The summed E-state index contributed by atoms with van der Waals surface area (Å²) < 4.78 is 47.3. The average molecular weight is 451 g/mol. The molecule has 7 heteroatoms. The molecule has 0 spiro atoms. The van der Waals surface area contributed by atoms with Crippen molar-refractivity contribution in [2.75, 3.05) is 26.2 Å². The largest absolute Gasteiger partial charge is 0.494 e. The van der Waals surface area contributed by atoms with Crippen LogP contribution in [0.1, 0.15) is 46.1 Å². The first kappa shape index (κ1) is 25.3. The van der Waals surface area contributed by atoms with Gasteiger partial charge in [-0.25, -0.2) is 12.8 Å². The van der Waals surface area contributed by atoms with Gasteiger partial charge in [-0.2, -0.15) is 4.31 Å². The molecule has 172 valence electrons. The summed E-state index contributed by atoms with van der Waals surface area (Å²) in [6.45, 7) is 11.8. The molecule has 2 aromatic rings. The van der Waals surface area contributed by atoms with Crippen LogP contribution in [0.2, 0.25) is 0 Å². The fraction of sp³-hybridized carbons (Fsp3) is 0.500. The molecule has 0 fully saturated rings. The molecule has 0 radical (unpaired) electrons. The lowest BCUT2D eigenvalue weighted by Crippen LogP contribution is -2.38. The molecule has 1 unspecified atom stereocenters. The third-order valence-electron chi connectivity index (χ3n) is 5.48. The van der Waals surface area contributed by atoms with Crippen molar-refractivity contribution in [3.05, 3.63) is 59.9 Å². The second kappa shape index (κ2) is 12.2. The highest BCUT2D eigenvalue weighted by molar-refractivity contribution is 7.89. The van der Waals surface area contributed by atoms with Crippen molar-refractivity contribution in [1.29, 1.82) is 0 Å². The number of halogens is 1. The Hall–Kier alpha value is -1.96. The summed E-state index contributed by atoms with van der Waals surface area (Å²) in [5.74, 6) is 0.302. The maximum atomic E-state index is 13.4. The number of benzene rings is 2. The van der Waals surface area contributed by atoms with Gasteiger partial charge in [0.15, 0.2) is 0 Å². The fourth-order valence-electron chi connectivity index (χ4n) is 3.55. The molecular weight excluding hydrogens is 415 g/mol. The Morgan fingerprint density at radius 3 is 2.13 bits per heavy atom. The maximum Gasteiger partial charge on any atom is 0.243 e. The maximum absolute atomic E-state index is 13.4. The van der Waals surface area contributed by atoms with Crippen LogP contribution in [-0.4, -0.2) is 49.9 Å². The first-order valence-electron chi connectivity index (χ1n) is 11.0. The van der Waals surface area contributed by atoms with E-state index >= 15 is 0 Å². The van der Waals surface area contributed by atoms with Gasteiger partial charge in [-0.05, 0) is 88.3 Å². The molecule has 2 rings (SSSR count). The minimum absolute atomic E-state index is 0.107. The first-order valence-corrected chi connectivity index (χ1v) is 12.5. The predicted octanol–water partition coefficient (Wildman–Crippen LogP) is 4.93. The zero-order chi connectivity index (χ0) is 22.9. The number of nitrogens with zero attached hydrogens (tertiary/aromatic N) is 2. The van der Waals surface area contributed by atoms with E-state index in [4.69, 9.17) is 4.74 Å². The van der Waals surface area contributed by atoms with Crippen molar-refractivity contribution in [3.8, 4) is 5.75 Å². The average Bonchev–Trinajstić information content (AvgIpc) is 2.76. The quantitative estimate of drug-likeness (QED) is 0.434. The Morgan fingerprint density at radius 1 is 0.968 bits per heavy atom. The molecule has 0 aromatic heterocycles. The molecule has 0 aliphatic carbocycles. The van der Waals surface area contributed by atoms with Gasteiger partial charge in [-0.15, -0.1) is 0 Å². The van der Waals surface area contributed by atoms with Crippen LogP contribution in [0.3, 0.4) is 0 Å². The molecular formula is C24H35FN2O3S. The molecule has 0 N–H and O–H groups in total. The van der Waals surface area contributed by atoms with Gasteiger partial charge >= 0.3 is 0 Å². The van der Waals surface area contributed by atoms with Crippen molar-refractivity contribution in [3.63, 3.8) is 0 Å². The normalized spacial score (nSPS) is 13.0. The van der Waals surface area contributed by atoms with Crippen molar-refractivity contribution in [1.82, 2.24) is 9.21 Å². The van der Waals surface area contributed by atoms with E-state index < -0.39 is 15.8 Å². The lowest BCUT2D eigenvalue weighted by molar-refractivity contribution is 0.265. The van der Waals surface area contributed by atoms with Crippen LogP contribution in [-0.2, 0) is 16.6 Å². The topological polar surface area (TPSA) is 49.9 Å². The summed E-state index contributed by atoms with van der Waals surface area (Å²) in [7, 11) is -3.78. The highest BCUT2D eigenvalue weighted by atomic mass is 32.2. The highest BCUT2D eigenvalue weighted by Gasteiger charge is 2.29. The van der Waals surface area contributed by atoms with E-state index in [0.29, 0.717) is 6.61 Å². The molecule has 0 saturated heterocycles. The Labute approximate surface area is 186 Å². The lowest BCUT2D eigenvalue weighted by Gasteiger charge is -2.29. The van der Waals surface area contributed by atoms with Gasteiger partial charge in [0, 0.05) is 12.6 Å². The van der Waals surface area contributed by atoms with Crippen molar-refractivity contribution >= 4 is 10.0 Å². The van der Waals surface area contributed by atoms with E-state index in [9.17, 15) is 12.8 Å². The van der Waals surface area contributed by atoms with Crippen LogP contribution in [0.25, 0.3) is 0 Å². The monoisotopic (exact) mass is 450 g/mol. The smallest absolute Gasteiger partial charge is 0.243 e. The molecule has 0 amide bonds. The van der Waals surface area contributed by atoms with Gasteiger partial charge < -0.3 is 9.64 Å². The Morgan fingerprint density at radius 2 is 1.58 bits per heavy atom. The number of rotatable bonds is 13. The zero-order valence-electron chi connectivity index (χ0n) is 19.1. The van der Waals surface area contributed by atoms with Crippen molar-refractivity contribution in [2.45, 2.75) is 58.0 Å². The fourth-order valence-corrected chi connectivity index (χ4v) is 5.20. The van der Waals surface area contributed by atoms with Crippen LogP contribution in [0.5, 0.6) is 5.75 Å². The van der Waals surface area contributed by atoms with Gasteiger partial charge in [-0.3, -0.25) is 0 Å². The Kier molecular flexibility index (Phi) is 9.93. The van der Waals surface area contributed by atoms with Crippen LogP contribution < -0.4 is 4.74 Å². The standard InChI is InChI=1S/C24H35FN2O3S/c1-5-26(6-2)18-8-9-20(4)27(19-21-10-14-23(15-11-21)30-7-3)31(28,29)24-16-12-22(25)13-17-24/h10-17,20H,5-9,18-19H2,1-4H3. The number of sulfonamides is 1. The molecule has 5 nitrogen and oxygen atoms in total. The summed E-state index contributed by atoms with van der Waals surface area (Å²) in [6, 6.07) is 12.3. The minimum Gasteiger partial charge on any atom is -0.494 e. The molecule has 0 aliphatic rings. The third-order valence-corrected chi connectivity index (χ3v) is 7.45. The Bertz CT molecular complexity index is 882. The van der Waals surface area contributed by atoms with Crippen LogP contribution in [0.15, 0.2) is 53.4 Å². The third kappa shape index (κ3) is 7.30. The summed E-state index contributed by atoms with van der Waals surface area (Å²) >= 11 is 0. The highest BCUT2D eigenvalue weighted by Crippen LogP contribution is 2.24.